The minimum atomic E-state index is -0.822. The molecule has 0 aromatic rings. The number of urea groups is 1. The lowest BCUT2D eigenvalue weighted by Crippen LogP contribution is -2.42. The summed E-state index contributed by atoms with van der Waals surface area (Å²) in [6.07, 6.45) is 2.71. The number of nitrogens with one attached hydrogen (secondary N) is 1. The highest BCUT2D eigenvalue weighted by Crippen LogP contribution is 2.07. The number of amides is 2. The van der Waals surface area contributed by atoms with Crippen LogP contribution in [0.2, 0.25) is 0 Å². The Labute approximate surface area is 89.4 Å². The van der Waals surface area contributed by atoms with Crippen LogP contribution in [0, 0.1) is 0 Å². The van der Waals surface area contributed by atoms with Crippen LogP contribution in [-0.2, 0) is 4.79 Å². The van der Waals surface area contributed by atoms with Crippen molar-refractivity contribution >= 4 is 12.0 Å². The third kappa shape index (κ3) is 4.18. The second-order valence-corrected chi connectivity index (χ2v) is 3.98. The Hall–Kier alpha value is -1.26. The number of nitrogens with zero attached hydrogens (tertiary/aromatic N) is 1. The maximum absolute atomic E-state index is 11.6. The van der Waals surface area contributed by atoms with Gasteiger partial charge in [0.2, 0.25) is 0 Å². The van der Waals surface area contributed by atoms with Crippen LogP contribution in [0.4, 0.5) is 4.79 Å². The second kappa shape index (κ2) is 5.58. The van der Waals surface area contributed by atoms with Crippen LogP contribution in [0.25, 0.3) is 0 Å². The Kier molecular flexibility index (Phi) is 4.39. The molecule has 1 atom stereocenters. The maximum atomic E-state index is 11.6. The van der Waals surface area contributed by atoms with E-state index < -0.39 is 5.97 Å². The van der Waals surface area contributed by atoms with E-state index in [-0.39, 0.29) is 18.5 Å². The molecule has 5 heteroatoms. The van der Waals surface area contributed by atoms with Crippen LogP contribution in [0.5, 0.6) is 0 Å². The van der Waals surface area contributed by atoms with Gasteiger partial charge in [-0.05, 0) is 26.2 Å². The summed E-state index contributed by atoms with van der Waals surface area (Å²) < 4.78 is 0. The summed E-state index contributed by atoms with van der Waals surface area (Å²) in [6, 6.07) is -0.139. The molecule has 0 spiro atoms. The number of likely N-dealkylation sites (tertiary alicyclic amines) is 1. The van der Waals surface area contributed by atoms with Crippen LogP contribution >= 0.6 is 0 Å². The molecule has 1 fully saturated rings. The molecular weight excluding hydrogens is 196 g/mol. The predicted octanol–water partition coefficient (Wildman–Crippen LogP) is 1.05. The van der Waals surface area contributed by atoms with Crippen molar-refractivity contribution in [1.29, 1.82) is 0 Å². The van der Waals surface area contributed by atoms with Crippen LogP contribution in [-0.4, -0.2) is 41.1 Å². The summed E-state index contributed by atoms with van der Waals surface area (Å²) >= 11 is 0. The molecule has 1 aliphatic rings. The first-order valence-corrected chi connectivity index (χ1v) is 5.37. The topological polar surface area (TPSA) is 69.6 Å². The van der Waals surface area contributed by atoms with E-state index in [0.29, 0.717) is 6.42 Å². The second-order valence-electron chi connectivity index (χ2n) is 3.98. The number of hydrogen-bond acceptors (Lipinski definition) is 2. The van der Waals surface area contributed by atoms with Gasteiger partial charge >= 0.3 is 12.0 Å². The summed E-state index contributed by atoms with van der Waals surface area (Å²) in [4.78, 5) is 23.7. The van der Waals surface area contributed by atoms with E-state index in [1.54, 1.807) is 4.90 Å². The lowest BCUT2D eigenvalue weighted by atomic mass is 10.2. The van der Waals surface area contributed by atoms with Gasteiger partial charge in [0.25, 0.3) is 0 Å². The van der Waals surface area contributed by atoms with Crippen molar-refractivity contribution in [3.8, 4) is 0 Å². The van der Waals surface area contributed by atoms with E-state index in [1.807, 2.05) is 6.92 Å². The maximum Gasteiger partial charge on any atom is 0.317 e. The molecule has 5 nitrogen and oxygen atoms in total. The molecule has 2 N–H and O–H groups in total. The Morgan fingerprint density at radius 3 is 2.53 bits per heavy atom. The Bertz CT molecular complexity index is 237. The normalized spacial score (nSPS) is 17.5. The molecule has 0 aromatic carbocycles. The Balaban J connectivity index is 2.21. The smallest absolute Gasteiger partial charge is 0.317 e. The van der Waals surface area contributed by atoms with E-state index in [4.69, 9.17) is 5.11 Å². The molecule has 1 unspecified atom stereocenters. The standard InChI is InChI=1S/C10H18N2O3/c1-8(4-5-9(13)14)11-10(15)12-6-2-3-7-12/h8H,2-7H2,1H3,(H,11,15)(H,13,14). The van der Waals surface area contributed by atoms with Gasteiger partial charge < -0.3 is 15.3 Å². The van der Waals surface area contributed by atoms with Crippen LogP contribution < -0.4 is 5.32 Å². The zero-order valence-corrected chi connectivity index (χ0v) is 9.03. The zero-order chi connectivity index (χ0) is 11.3. The van der Waals surface area contributed by atoms with Crippen LogP contribution in [0.1, 0.15) is 32.6 Å². The summed E-state index contributed by atoms with van der Waals surface area (Å²) in [5.41, 5.74) is 0. The molecular formula is C10H18N2O3. The largest absolute Gasteiger partial charge is 0.481 e. The van der Waals surface area contributed by atoms with Gasteiger partial charge in [-0.3, -0.25) is 4.79 Å². The fraction of sp³-hybridized carbons (Fsp3) is 0.800. The molecule has 1 saturated heterocycles. The lowest BCUT2D eigenvalue weighted by Gasteiger charge is -2.19. The molecule has 0 bridgehead atoms. The highest BCUT2D eigenvalue weighted by molar-refractivity contribution is 5.74. The van der Waals surface area contributed by atoms with Gasteiger partial charge in [-0.25, -0.2) is 4.79 Å². The number of carboxylic acids is 1. The van der Waals surface area contributed by atoms with Crippen LogP contribution in [0.3, 0.4) is 0 Å². The van der Waals surface area contributed by atoms with Crippen molar-refractivity contribution in [2.75, 3.05) is 13.1 Å². The van der Waals surface area contributed by atoms with Crippen LogP contribution in [0.15, 0.2) is 0 Å². The monoisotopic (exact) mass is 214 g/mol. The highest BCUT2D eigenvalue weighted by atomic mass is 16.4. The number of carbonyl (C=O) groups excluding carboxylic acids is 1. The number of aliphatic carboxylic acids is 1. The molecule has 2 amide bonds. The van der Waals surface area contributed by atoms with Gasteiger partial charge in [-0.2, -0.15) is 0 Å². The van der Waals surface area contributed by atoms with Crippen molar-refractivity contribution < 1.29 is 14.7 Å². The number of carbonyl (C=O) groups is 2. The minimum absolute atomic E-state index is 0.0645. The van der Waals surface area contributed by atoms with Crippen molar-refractivity contribution in [2.24, 2.45) is 0 Å². The molecule has 1 heterocycles. The Morgan fingerprint density at radius 1 is 1.40 bits per heavy atom. The van der Waals surface area contributed by atoms with Gasteiger partial charge in [0.15, 0.2) is 0 Å². The van der Waals surface area contributed by atoms with Gasteiger partial charge in [-0.15, -0.1) is 0 Å². The van der Waals surface area contributed by atoms with Gasteiger partial charge in [-0.1, -0.05) is 0 Å². The third-order valence-corrected chi connectivity index (χ3v) is 2.55. The van der Waals surface area contributed by atoms with Gasteiger partial charge in [0.05, 0.1) is 0 Å². The van der Waals surface area contributed by atoms with E-state index >= 15 is 0 Å². The van der Waals surface area contributed by atoms with E-state index in [1.165, 1.54) is 0 Å². The van der Waals surface area contributed by atoms with Crippen molar-refractivity contribution in [1.82, 2.24) is 10.2 Å². The number of hydrogen-bond donors (Lipinski definition) is 2. The first-order chi connectivity index (χ1) is 7.09. The molecule has 0 saturated carbocycles. The van der Waals surface area contributed by atoms with Crippen molar-refractivity contribution in [2.45, 2.75) is 38.6 Å². The zero-order valence-electron chi connectivity index (χ0n) is 9.03. The average Bonchev–Trinajstić information content (AvgIpc) is 2.67. The molecule has 86 valence electrons. The summed E-state index contributed by atoms with van der Waals surface area (Å²) in [5.74, 6) is -0.822. The van der Waals surface area contributed by atoms with E-state index in [2.05, 4.69) is 5.32 Å². The van der Waals surface area contributed by atoms with E-state index in [0.717, 1.165) is 25.9 Å². The molecule has 0 aromatic heterocycles. The lowest BCUT2D eigenvalue weighted by molar-refractivity contribution is -0.137. The SMILES string of the molecule is CC(CCC(=O)O)NC(=O)N1CCCC1. The van der Waals surface area contributed by atoms with Gasteiger partial charge in [0, 0.05) is 25.6 Å². The predicted molar refractivity (Wildman–Crippen MR) is 55.7 cm³/mol. The third-order valence-electron chi connectivity index (χ3n) is 2.55. The van der Waals surface area contributed by atoms with E-state index in [9.17, 15) is 9.59 Å². The molecule has 15 heavy (non-hydrogen) atoms. The number of rotatable bonds is 4. The number of carboxylic acid groups (broad SMARTS) is 1. The molecule has 1 rings (SSSR count). The molecule has 0 radical (unpaired) electrons. The first-order valence-electron chi connectivity index (χ1n) is 5.37. The summed E-state index contributed by atoms with van der Waals surface area (Å²) in [6.45, 7) is 3.46. The first kappa shape index (κ1) is 11.8. The minimum Gasteiger partial charge on any atom is -0.481 e. The van der Waals surface area contributed by atoms with Crippen molar-refractivity contribution in [3.05, 3.63) is 0 Å². The van der Waals surface area contributed by atoms with Crippen molar-refractivity contribution in [3.63, 3.8) is 0 Å². The highest BCUT2D eigenvalue weighted by Gasteiger charge is 2.19. The summed E-state index contributed by atoms with van der Waals surface area (Å²) in [7, 11) is 0. The fourth-order valence-electron chi connectivity index (χ4n) is 1.63. The van der Waals surface area contributed by atoms with Gasteiger partial charge in [0.1, 0.15) is 0 Å². The summed E-state index contributed by atoms with van der Waals surface area (Å²) in [5, 5.41) is 11.3. The fourth-order valence-corrected chi connectivity index (χ4v) is 1.63. The molecule has 1 aliphatic heterocycles. The average molecular weight is 214 g/mol. The Morgan fingerprint density at radius 2 is 2.00 bits per heavy atom. The quantitative estimate of drug-likeness (QED) is 0.734. The molecule has 0 aliphatic carbocycles.